The van der Waals surface area contributed by atoms with Crippen LogP contribution in [0.4, 0.5) is 0 Å². The predicted octanol–water partition coefficient (Wildman–Crippen LogP) is 0.516. The largest absolute Gasteiger partial charge is 0.355 e. The second-order valence-electron chi connectivity index (χ2n) is 9.42. The summed E-state index contributed by atoms with van der Waals surface area (Å²) in [6.07, 6.45) is 3.37. The third kappa shape index (κ3) is 15.0. The summed E-state index contributed by atoms with van der Waals surface area (Å²) in [6, 6.07) is 7.48. The van der Waals surface area contributed by atoms with Crippen molar-refractivity contribution in [1.82, 2.24) is 21.3 Å². The molecule has 4 amide bonds. The number of nitrogens with two attached hydrogens (primary N) is 1. The van der Waals surface area contributed by atoms with Crippen LogP contribution in [-0.2, 0) is 35.4 Å². The third-order valence-corrected chi connectivity index (χ3v) is 7.62. The van der Waals surface area contributed by atoms with Crippen molar-refractivity contribution in [2.75, 3.05) is 52.3 Å². The second-order valence-corrected chi connectivity index (χ2v) is 12.0. The van der Waals surface area contributed by atoms with Crippen LogP contribution in [0.1, 0.15) is 32.3 Å². The van der Waals surface area contributed by atoms with E-state index < -0.39 is 29.8 Å². The van der Waals surface area contributed by atoms with Gasteiger partial charge in [-0.1, -0.05) is 44.2 Å². The van der Waals surface area contributed by atoms with Gasteiger partial charge in [0.2, 0.25) is 23.6 Å². The van der Waals surface area contributed by atoms with Gasteiger partial charge in [-0.05, 0) is 43.3 Å². The molecular formula is C26H44N5O6P. The average molecular weight is 554 g/mol. The van der Waals surface area contributed by atoms with E-state index in [9.17, 15) is 19.2 Å². The molecule has 0 aliphatic carbocycles. The fourth-order valence-corrected chi connectivity index (χ4v) is 4.91. The number of rotatable bonds is 19. The van der Waals surface area contributed by atoms with E-state index >= 15 is 0 Å². The van der Waals surface area contributed by atoms with Crippen LogP contribution < -0.4 is 27.0 Å². The minimum atomic E-state index is -0.899. The molecule has 11 nitrogen and oxygen atoms in total. The molecule has 0 aliphatic rings. The molecule has 0 spiro atoms. The summed E-state index contributed by atoms with van der Waals surface area (Å²) < 4.78 is 0. The number of hydrogen-bond donors (Lipinski definition) is 5. The van der Waals surface area contributed by atoms with Gasteiger partial charge < -0.3 is 27.0 Å². The maximum Gasteiger partial charge on any atom is 0.243 e. The topological polar surface area (TPSA) is 161 Å². The smallest absolute Gasteiger partial charge is 0.243 e. The Kier molecular flexibility index (Phi) is 17.1. The molecule has 38 heavy (non-hydrogen) atoms. The minimum absolute atomic E-state index is 0.101. The van der Waals surface area contributed by atoms with Gasteiger partial charge in [-0.15, -0.1) is 7.92 Å². The molecule has 0 radical (unpaired) electrons. The average Bonchev–Trinajstić information content (AvgIpc) is 2.89. The third-order valence-electron chi connectivity index (χ3n) is 5.60. The van der Waals surface area contributed by atoms with Crippen LogP contribution in [0.5, 0.6) is 0 Å². The molecule has 1 aromatic carbocycles. The second kappa shape index (κ2) is 19.5. The standard InChI is InChI=1S/C26H44N5O6P/c1-19(2)15-21(25(34)29-18-24(33)28-11-8-13-38(4)14-12-37-36-3)31-26(35)22(30-23(32)17-27)16-20-9-6-5-7-10-20/h5-7,9-10,19,21-22H,8,11-18,27H2,1-4H3,(H,28,33)(H,29,34)(H,30,32)(H,31,35). The molecule has 6 N–H and O–H groups in total. The summed E-state index contributed by atoms with van der Waals surface area (Å²) in [5.74, 6) is -1.62. The van der Waals surface area contributed by atoms with Gasteiger partial charge in [0.05, 0.1) is 26.8 Å². The van der Waals surface area contributed by atoms with Gasteiger partial charge in [0.1, 0.15) is 12.1 Å². The number of nitrogens with one attached hydrogen (secondary N) is 4. The Labute approximate surface area is 227 Å². The van der Waals surface area contributed by atoms with Crippen LogP contribution in [0.2, 0.25) is 0 Å². The Bertz CT molecular complexity index is 858. The Hall–Kier alpha value is -2.59. The van der Waals surface area contributed by atoms with E-state index in [4.69, 9.17) is 10.6 Å². The van der Waals surface area contributed by atoms with E-state index in [-0.39, 0.29) is 39.3 Å². The molecule has 1 rings (SSSR count). The Morgan fingerprint density at radius 1 is 0.947 bits per heavy atom. The normalized spacial score (nSPS) is 13.3. The van der Waals surface area contributed by atoms with Crippen LogP contribution in [0.25, 0.3) is 0 Å². The fraction of sp³-hybridized carbons (Fsp3) is 0.615. The van der Waals surface area contributed by atoms with E-state index in [0.29, 0.717) is 19.6 Å². The van der Waals surface area contributed by atoms with E-state index in [1.54, 1.807) is 0 Å². The molecule has 0 saturated carbocycles. The molecule has 214 valence electrons. The summed E-state index contributed by atoms with van der Waals surface area (Å²) >= 11 is 0. The molecule has 3 unspecified atom stereocenters. The highest BCUT2D eigenvalue weighted by Gasteiger charge is 2.27. The molecule has 0 saturated heterocycles. The van der Waals surface area contributed by atoms with E-state index in [1.807, 2.05) is 44.2 Å². The van der Waals surface area contributed by atoms with Crippen molar-refractivity contribution in [3.8, 4) is 0 Å². The maximum atomic E-state index is 13.1. The van der Waals surface area contributed by atoms with E-state index in [1.165, 1.54) is 7.11 Å². The predicted molar refractivity (Wildman–Crippen MR) is 149 cm³/mol. The number of amides is 4. The lowest BCUT2D eigenvalue weighted by Gasteiger charge is -2.24. The summed E-state index contributed by atoms with van der Waals surface area (Å²) in [5, 5.41) is 10.8. The van der Waals surface area contributed by atoms with Crippen LogP contribution in [0, 0.1) is 5.92 Å². The molecule has 0 aliphatic heterocycles. The monoisotopic (exact) mass is 553 g/mol. The van der Waals surface area contributed by atoms with Crippen molar-refractivity contribution in [3.63, 3.8) is 0 Å². The molecule has 1 aromatic rings. The molecule has 3 atom stereocenters. The van der Waals surface area contributed by atoms with Gasteiger partial charge >= 0.3 is 0 Å². The lowest BCUT2D eigenvalue weighted by atomic mass is 10.0. The van der Waals surface area contributed by atoms with Crippen molar-refractivity contribution in [2.45, 2.75) is 45.2 Å². The minimum Gasteiger partial charge on any atom is -0.355 e. The molecule has 12 heteroatoms. The zero-order valence-corrected chi connectivity index (χ0v) is 23.9. The quantitative estimate of drug-likeness (QED) is 0.0722. The number of hydrogen-bond acceptors (Lipinski definition) is 7. The van der Waals surface area contributed by atoms with Gasteiger partial charge in [0.15, 0.2) is 0 Å². The zero-order valence-electron chi connectivity index (χ0n) is 23.0. The van der Waals surface area contributed by atoms with Gasteiger partial charge in [0, 0.05) is 13.0 Å². The summed E-state index contributed by atoms with van der Waals surface area (Å²) in [4.78, 5) is 59.6. The van der Waals surface area contributed by atoms with Crippen molar-refractivity contribution >= 4 is 31.6 Å². The first kappa shape index (κ1) is 33.4. The van der Waals surface area contributed by atoms with Gasteiger partial charge in [-0.25, -0.2) is 9.78 Å². The van der Waals surface area contributed by atoms with Gasteiger partial charge in [-0.3, -0.25) is 19.2 Å². The summed E-state index contributed by atoms with van der Waals surface area (Å²) in [5.41, 5.74) is 6.28. The molecule has 0 bridgehead atoms. The van der Waals surface area contributed by atoms with Crippen LogP contribution >= 0.6 is 7.92 Å². The van der Waals surface area contributed by atoms with Crippen molar-refractivity contribution in [2.24, 2.45) is 11.7 Å². The lowest BCUT2D eigenvalue weighted by molar-refractivity contribution is -0.267. The molecular weight excluding hydrogens is 509 g/mol. The molecule has 0 aromatic heterocycles. The SMILES string of the molecule is COOCCP(C)CCCNC(=O)CNC(=O)C(CC(C)C)NC(=O)C(Cc1ccccc1)NC(=O)CN. The highest BCUT2D eigenvalue weighted by atomic mass is 31.1. The first-order valence-corrected chi connectivity index (χ1v) is 15.0. The van der Waals surface area contributed by atoms with Crippen LogP contribution in [0.3, 0.4) is 0 Å². The van der Waals surface area contributed by atoms with Crippen molar-refractivity contribution < 1.29 is 29.0 Å². The maximum absolute atomic E-state index is 13.1. The molecule has 0 heterocycles. The Morgan fingerprint density at radius 2 is 1.66 bits per heavy atom. The van der Waals surface area contributed by atoms with E-state index in [0.717, 1.165) is 24.3 Å². The van der Waals surface area contributed by atoms with Crippen LogP contribution in [-0.4, -0.2) is 88.1 Å². The Morgan fingerprint density at radius 3 is 2.29 bits per heavy atom. The first-order chi connectivity index (χ1) is 18.2. The summed E-state index contributed by atoms with van der Waals surface area (Å²) in [6.45, 7) is 6.65. The van der Waals surface area contributed by atoms with Crippen molar-refractivity contribution in [1.29, 1.82) is 0 Å². The van der Waals surface area contributed by atoms with Gasteiger partial charge in [0.25, 0.3) is 0 Å². The lowest BCUT2D eigenvalue weighted by Crippen LogP contribution is -2.56. The van der Waals surface area contributed by atoms with Crippen LogP contribution in [0.15, 0.2) is 30.3 Å². The number of benzene rings is 1. The zero-order chi connectivity index (χ0) is 28.3. The van der Waals surface area contributed by atoms with E-state index in [2.05, 4.69) is 32.8 Å². The number of carbonyl (C=O) groups is 4. The highest BCUT2D eigenvalue weighted by molar-refractivity contribution is 7.56. The van der Waals surface area contributed by atoms with Gasteiger partial charge in [-0.2, -0.15) is 0 Å². The Balaban J connectivity index is 2.61. The fourth-order valence-electron chi connectivity index (χ4n) is 3.61. The highest BCUT2D eigenvalue weighted by Crippen LogP contribution is 2.30. The van der Waals surface area contributed by atoms with Crippen molar-refractivity contribution in [3.05, 3.63) is 35.9 Å². The molecule has 0 fully saturated rings. The summed E-state index contributed by atoms with van der Waals surface area (Å²) in [7, 11) is 1.29. The number of carbonyl (C=O) groups excluding carboxylic acids is 4. The first-order valence-electron chi connectivity index (χ1n) is 12.9.